The Morgan fingerprint density at radius 1 is 1.58 bits per heavy atom. The van der Waals surface area contributed by atoms with Gasteiger partial charge in [0.2, 0.25) is 10.0 Å². The molecule has 0 aromatic carbocycles. The maximum atomic E-state index is 12.0. The first kappa shape index (κ1) is 15.9. The summed E-state index contributed by atoms with van der Waals surface area (Å²) in [6, 6.07) is 2.81. The molecule has 1 aromatic heterocycles. The molecule has 0 aliphatic rings. The Balaban J connectivity index is 2.76. The molecule has 1 unspecified atom stereocenters. The summed E-state index contributed by atoms with van der Waals surface area (Å²) >= 11 is 5.72. The van der Waals surface area contributed by atoms with E-state index in [9.17, 15) is 13.2 Å². The summed E-state index contributed by atoms with van der Waals surface area (Å²) in [7, 11) is -3.77. The molecule has 0 spiro atoms. The highest BCUT2D eigenvalue weighted by Crippen LogP contribution is 2.18. The molecule has 0 saturated carbocycles. The van der Waals surface area contributed by atoms with E-state index in [2.05, 4.69) is 9.71 Å². The molecule has 1 atom stereocenters. The van der Waals surface area contributed by atoms with Gasteiger partial charge in [0, 0.05) is 19.2 Å². The normalized spacial score (nSPS) is 13.2. The van der Waals surface area contributed by atoms with E-state index in [0.29, 0.717) is 6.42 Å². The largest absolute Gasteiger partial charge is 0.481 e. The molecule has 0 fully saturated rings. The lowest BCUT2D eigenvalue weighted by Crippen LogP contribution is -2.30. The average Bonchev–Trinajstić information content (AvgIpc) is 2.34. The standard InChI is InChI=1S/C11H15ClN2O4S/c1-2-8(6-10(15)16)7-14-19(17,18)9-4-3-5-13-11(9)12/h3-5,8,14H,2,6-7H2,1H3,(H,15,16). The Morgan fingerprint density at radius 2 is 2.26 bits per heavy atom. The van der Waals surface area contributed by atoms with E-state index in [0.717, 1.165) is 0 Å². The van der Waals surface area contributed by atoms with Crippen LogP contribution in [-0.4, -0.2) is 31.0 Å². The average molecular weight is 307 g/mol. The number of rotatable bonds is 7. The predicted octanol–water partition coefficient (Wildman–Crippen LogP) is 1.51. The van der Waals surface area contributed by atoms with Crippen molar-refractivity contribution in [3.63, 3.8) is 0 Å². The summed E-state index contributed by atoms with van der Waals surface area (Å²) in [5.41, 5.74) is 0. The van der Waals surface area contributed by atoms with Crippen LogP contribution in [0, 0.1) is 5.92 Å². The van der Waals surface area contributed by atoms with Gasteiger partial charge in [-0.3, -0.25) is 4.79 Å². The molecule has 0 aliphatic heterocycles. The fourth-order valence-corrected chi connectivity index (χ4v) is 3.05. The van der Waals surface area contributed by atoms with Crippen molar-refractivity contribution < 1.29 is 18.3 Å². The highest BCUT2D eigenvalue weighted by atomic mass is 35.5. The zero-order chi connectivity index (χ0) is 14.5. The Hall–Kier alpha value is -1.18. The molecule has 6 nitrogen and oxygen atoms in total. The van der Waals surface area contributed by atoms with Crippen LogP contribution in [0.15, 0.2) is 23.2 Å². The Morgan fingerprint density at radius 3 is 2.79 bits per heavy atom. The van der Waals surface area contributed by atoms with Crippen molar-refractivity contribution in [2.45, 2.75) is 24.7 Å². The number of aliphatic carboxylic acids is 1. The van der Waals surface area contributed by atoms with Crippen LogP contribution in [0.5, 0.6) is 0 Å². The minimum atomic E-state index is -3.77. The van der Waals surface area contributed by atoms with Crippen LogP contribution in [-0.2, 0) is 14.8 Å². The van der Waals surface area contributed by atoms with Gasteiger partial charge in [-0.25, -0.2) is 18.1 Å². The Labute approximate surface area is 116 Å². The zero-order valence-corrected chi connectivity index (χ0v) is 11.9. The number of halogens is 1. The quantitative estimate of drug-likeness (QED) is 0.744. The number of carbonyl (C=O) groups is 1. The zero-order valence-electron chi connectivity index (χ0n) is 10.3. The highest BCUT2D eigenvalue weighted by molar-refractivity contribution is 7.89. The first-order chi connectivity index (χ1) is 8.86. The van der Waals surface area contributed by atoms with Crippen LogP contribution >= 0.6 is 11.6 Å². The molecule has 1 heterocycles. The third kappa shape index (κ3) is 4.77. The van der Waals surface area contributed by atoms with Gasteiger partial charge in [-0.15, -0.1) is 0 Å². The van der Waals surface area contributed by atoms with E-state index in [1.807, 2.05) is 0 Å². The second-order valence-corrected chi connectivity index (χ2v) is 6.11. The van der Waals surface area contributed by atoms with Crippen LogP contribution in [0.2, 0.25) is 5.15 Å². The van der Waals surface area contributed by atoms with Crippen molar-refractivity contribution in [3.8, 4) is 0 Å². The van der Waals surface area contributed by atoms with Gasteiger partial charge in [-0.05, 0) is 18.1 Å². The van der Waals surface area contributed by atoms with Crippen molar-refractivity contribution in [2.75, 3.05) is 6.54 Å². The second-order valence-electron chi connectivity index (χ2n) is 4.02. The van der Waals surface area contributed by atoms with Crippen molar-refractivity contribution in [3.05, 3.63) is 23.5 Å². The SMILES string of the molecule is CCC(CNS(=O)(=O)c1cccnc1Cl)CC(=O)O. The summed E-state index contributed by atoms with van der Waals surface area (Å²) in [6.07, 6.45) is 1.87. The number of carboxylic acid groups (broad SMARTS) is 1. The maximum Gasteiger partial charge on any atom is 0.303 e. The van der Waals surface area contributed by atoms with E-state index < -0.39 is 16.0 Å². The molecule has 8 heteroatoms. The van der Waals surface area contributed by atoms with Gasteiger partial charge in [-0.1, -0.05) is 24.9 Å². The van der Waals surface area contributed by atoms with Crippen LogP contribution < -0.4 is 4.72 Å². The van der Waals surface area contributed by atoms with Gasteiger partial charge in [0.15, 0.2) is 0 Å². The molecule has 2 N–H and O–H groups in total. The third-order valence-electron chi connectivity index (χ3n) is 2.62. The second kappa shape index (κ2) is 6.83. The molecule has 106 valence electrons. The number of aromatic nitrogens is 1. The first-order valence-electron chi connectivity index (χ1n) is 5.68. The molecule has 0 saturated heterocycles. The number of nitrogens with zero attached hydrogens (tertiary/aromatic N) is 1. The van der Waals surface area contributed by atoms with E-state index >= 15 is 0 Å². The number of nitrogens with one attached hydrogen (secondary N) is 1. The minimum Gasteiger partial charge on any atom is -0.481 e. The number of sulfonamides is 1. The maximum absolute atomic E-state index is 12.0. The first-order valence-corrected chi connectivity index (χ1v) is 7.55. The Kier molecular flexibility index (Phi) is 5.71. The van der Waals surface area contributed by atoms with Crippen molar-refractivity contribution in [1.82, 2.24) is 9.71 Å². The number of hydrogen-bond acceptors (Lipinski definition) is 4. The number of carboxylic acids is 1. The van der Waals surface area contributed by atoms with Gasteiger partial charge in [0.25, 0.3) is 0 Å². The highest BCUT2D eigenvalue weighted by Gasteiger charge is 2.20. The fraction of sp³-hybridized carbons (Fsp3) is 0.455. The van der Waals surface area contributed by atoms with Crippen LogP contribution in [0.4, 0.5) is 0 Å². The monoisotopic (exact) mass is 306 g/mol. The topological polar surface area (TPSA) is 96.4 Å². The van der Waals surface area contributed by atoms with Crippen LogP contribution in [0.3, 0.4) is 0 Å². The summed E-state index contributed by atoms with van der Waals surface area (Å²) in [6.45, 7) is 1.86. The van der Waals surface area contributed by atoms with Crippen molar-refractivity contribution >= 4 is 27.6 Å². The van der Waals surface area contributed by atoms with E-state index in [-0.39, 0.29) is 28.9 Å². The minimum absolute atomic E-state index is 0.0519. The Bertz CT molecular complexity index is 547. The molecule has 0 aliphatic carbocycles. The summed E-state index contributed by atoms with van der Waals surface area (Å²) in [5, 5.41) is 8.59. The van der Waals surface area contributed by atoms with Gasteiger partial charge in [-0.2, -0.15) is 0 Å². The molecular weight excluding hydrogens is 292 g/mol. The molecular formula is C11H15ClN2O4S. The molecule has 0 amide bonds. The predicted molar refractivity (Wildman–Crippen MR) is 70.5 cm³/mol. The molecule has 0 radical (unpaired) electrons. The fourth-order valence-electron chi connectivity index (χ4n) is 1.48. The van der Waals surface area contributed by atoms with Gasteiger partial charge in [0.05, 0.1) is 0 Å². The third-order valence-corrected chi connectivity index (χ3v) is 4.49. The molecule has 19 heavy (non-hydrogen) atoms. The molecule has 1 rings (SSSR count). The van der Waals surface area contributed by atoms with Crippen molar-refractivity contribution in [2.24, 2.45) is 5.92 Å². The molecule has 1 aromatic rings. The van der Waals surface area contributed by atoms with Gasteiger partial charge >= 0.3 is 5.97 Å². The van der Waals surface area contributed by atoms with Crippen LogP contribution in [0.25, 0.3) is 0 Å². The van der Waals surface area contributed by atoms with E-state index in [1.165, 1.54) is 18.3 Å². The lowest BCUT2D eigenvalue weighted by Gasteiger charge is -2.14. The summed E-state index contributed by atoms with van der Waals surface area (Å²) < 4.78 is 26.3. The van der Waals surface area contributed by atoms with E-state index in [1.54, 1.807) is 6.92 Å². The summed E-state index contributed by atoms with van der Waals surface area (Å²) in [5.74, 6) is -1.21. The van der Waals surface area contributed by atoms with Gasteiger partial charge in [0.1, 0.15) is 10.0 Å². The number of hydrogen-bond donors (Lipinski definition) is 2. The smallest absolute Gasteiger partial charge is 0.303 e. The lowest BCUT2D eigenvalue weighted by molar-refractivity contribution is -0.138. The lowest BCUT2D eigenvalue weighted by atomic mass is 10.0. The molecule has 0 bridgehead atoms. The van der Waals surface area contributed by atoms with E-state index in [4.69, 9.17) is 16.7 Å². The van der Waals surface area contributed by atoms with Crippen molar-refractivity contribution in [1.29, 1.82) is 0 Å². The van der Waals surface area contributed by atoms with Gasteiger partial charge < -0.3 is 5.11 Å². The van der Waals surface area contributed by atoms with Crippen LogP contribution in [0.1, 0.15) is 19.8 Å². The number of pyridine rings is 1. The summed E-state index contributed by atoms with van der Waals surface area (Å²) in [4.78, 5) is 14.2.